The minimum Gasteiger partial charge on any atom is -0.487 e. The highest BCUT2D eigenvalue weighted by atomic mass is 32.1. The molecule has 1 heterocycles. The molecule has 0 spiro atoms. The minimum atomic E-state index is -4.43. The van der Waals surface area contributed by atoms with Gasteiger partial charge < -0.3 is 10.5 Å². The number of nitrogens with two attached hydrogens (primary N) is 1. The Morgan fingerprint density at radius 1 is 1.26 bits per heavy atom. The van der Waals surface area contributed by atoms with E-state index in [0.29, 0.717) is 12.2 Å². The van der Waals surface area contributed by atoms with Crippen LogP contribution < -0.4 is 10.5 Å². The van der Waals surface area contributed by atoms with Gasteiger partial charge in [-0.05, 0) is 12.1 Å². The van der Waals surface area contributed by atoms with Gasteiger partial charge in [-0.3, -0.25) is 0 Å². The predicted octanol–water partition coefficient (Wildman–Crippen LogP) is 3.20. The lowest BCUT2D eigenvalue weighted by molar-refractivity contribution is -0.139. The monoisotopic (exact) mass is 288 g/mol. The minimum absolute atomic E-state index is 0.0103. The molecule has 0 unspecified atom stereocenters. The van der Waals surface area contributed by atoms with Gasteiger partial charge in [0.15, 0.2) is 0 Å². The van der Waals surface area contributed by atoms with Crippen molar-refractivity contribution in [2.45, 2.75) is 19.3 Å². The van der Waals surface area contributed by atoms with Crippen LogP contribution in [0.15, 0.2) is 29.6 Å². The number of rotatable bonds is 4. The van der Waals surface area contributed by atoms with Crippen molar-refractivity contribution in [1.82, 2.24) is 4.98 Å². The first-order valence-corrected chi connectivity index (χ1v) is 6.31. The predicted molar refractivity (Wildman–Crippen MR) is 65.8 cm³/mol. The highest BCUT2D eigenvalue weighted by Gasteiger charge is 2.34. The molecule has 7 heteroatoms. The summed E-state index contributed by atoms with van der Waals surface area (Å²) in [6.45, 7) is 0.299. The molecule has 0 saturated carbocycles. The fraction of sp³-hybridized carbons (Fsp3) is 0.250. The summed E-state index contributed by atoms with van der Waals surface area (Å²) in [6, 6.07) is 5.10. The van der Waals surface area contributed by atoms with Gasteiger partial charge >= 0.3 is 6.18 Å². The first kappa shape index (κ1) is 13.8. The van der Waals surface area contributed by atoms with Crippen LogP contribution in [0.4, 0.5) is 13.2 Å². The van der Waals surface area contributed by atoms with Gasteiger partial charge in [-0.1, -0.05) is 12.1 Å². The number of ether oxygens (including phenoxy) is 1. The Labute approximate surface area is 111 Å². The highest BCUT2D eigenvalue weighted by Crippen LogP contribution is 2.36. The van der Waals surface area contributed by atoms with Crippen LogP contribution in [0.5, 0.6) is 5.75 Å². The molecule has 2 rings (SSSR count). The van der Waals surface area contributed by atoms with Crippen LogP contribution in [-0.4, -0.2) is 4.98 Å². The molecule has 1 aromatic heterocycles. The molecule has 0 aliphatic carbocycles. The molecular formula is C12H11F3N2OS. The second-order valence-corrected chi connectivity index (χ2v) is 4.66. The third-order valence-corrected chi connectivity index (χ3v) is 3.26. The van der Waals surface area contributed by atoms with Crippen LogP contribution in [0.1, 0.15) is 16.3 Å². The maximum atomic E-state index is 12.7. The van der Waals surface area contributed by atoms with Gasteiger partial charge in [-0.25, -0.2) is 4.98 Å². The number of benzene rings is 1. The van der Waals surface area contributed by atoms with Crippen LogP contribution in [0.25, 0.3) is 0 Å². The van der Waals surface area contributed by atoms with Crippen molar-refractivity contribution in [1.29, 1.82) is 0 Å². The fourth-order valence-corrected chi connectivity index (χ4v) is 2.15. The second-order valence-electron chi connectivity index (χ2n) is 3.72. The first-order chi connectivity index (χ1) is 9.00. The summed E-state index contributed by atoms with van der Waals surface area (Å²) in [5.74, 6) is -0.197. The summed E-state index contributed by atoms with van der Waals surface area (Å²) in [6.07, 6.45) is -4.43. The maximum absolute atomic E-state index is 12.7. The third-order valence-electron chi connectivity index (χ3n) is 2.34. The zero-order valence-electron chi connectivity index (χ0n) is 9.78. The van der Waals surface area contributed by atoms with Gasteiger partial charge in [0.2, 0.25) is 0 Å². The van der Waals surface area contributed by atoms with E-state index in [4.69, 9.17) is 10.5 Å². The zero-order valence-corrected chi connectivity index (χ0v) is 10.6. The number of nitrogens with zero attached hydrogens (tertiary/aromatic N) is 1. The van der Waals surface area contributed by atoms with Crippen LogP contribution in [0, 0.1) is 0 Å². The van der Waals surface area contributed by atoms with Gasteiger partial charge in [0.05, 0.1) is 11.3 Å². The van der Waals surface area contributed by atoms with E-state index in [1.54, 1.807) is 5.38 Å². The highest BCUT2D eigenvalue weighted by molar-refractivity contribution is 7.09. The molecule has 2 aromatic rings. The number of hydrogen-bond donors (Lipinski definition) is 1. The zero-order chi connectivity index (χ0) is 13.9. The van der Waals surface area contributed by atoms with Gasteiger partial charge in [0.1, 0.15) is 17.4 Å². The van der Waals surface area contributed by atoms with E-state index in [1.807, 2.05) is 0 Å². The lowest BCUT2D eigenvalue weighted by Gasteiger charge is -2.12. The summed E-state index contributed by atoms with van der Waals surface area (Å²) < 4.78 is 43.4. The van der Waals surface area contributed by atoms with Crippen molar-refractivity contribution < 1.29 is 17.9 Å². The van der Waals surface area contributed by atoms with Crippen LogP contribution in [0.3, 0.4) is 0 Å². The summed E-state index contributed by atoms with van der Waals surface area (Å²) in [5.41, 5.74) is 5.19. The Bertz CT molecular complexity index is 554. The Balaban J connectivity index is 2.11. The molecule has 0 bridgehead atoms. The number of hydrogen-bond acceptors (Lipinski definition) is 4. The van der Waals surface area contributed by atoms with Crippen LogP contribution in [0.2, 0.25) is 0 Å². The van der Waals surface area contributed by atoms with Crippen molar-refractivity contribution in [3.63, 3.8) is 0 Å². The van der Waals surface area contributed by atoms with Crippen molar-refractivity contribution in [2.24, 2.45) is 5.73 Å². The van der Waals surface area contributed by atoms with Crippen molar-refractivity contribution in [3.8, 4) is 5.75 Å². The lowest BCUT2D eigenvalue weighted by Crippen LogP contribution is -2.08. The summed E-state index contributed by atoms with van der Waals surface area (Å²) in [5, 5.41) is 2.45. The molecule has 0 aliphatic rings. The third kappa shape index (κ3) is 3.45. The molecular weight excluding hydrogens is 277 g/mol. The molecule has 0 atom stereocenters. The number of para-hydroxylation sites is 1. The van der Waals surface area contributed by atoms with E-state index < -0.39 is 11.7 Å². The molecule has 0 radical (unpaired) electrons. The Kier molecular flexibility index (Phi) is 4.06. The molecule has 3 nitrogen and oxygen atoms in total. The summed E-state index contributed by atoms with van der Waals surface area (Å²) in [7, 11) is 0. The van der Waals surface area contributed by atoms with Crippen molar-refractivity contribution in [2.75, 3.05) is 0 Å². The number of thiazole rings is 1. The maximum Gasteiger partial charge on any atom is 0.419 e. The first-order valence-electron chi connectivity index (χ1n) is 5.43. The Morgan fingerprint density at radius 2 is 2.00 bits per heavy atom. The molecule has 2 N–H and O–H groups in total. The van der Waals surface area contributed by atoms with Gasteiger partial charge in [-0.15, -0.1) is 11.3 Å². The van der Waals surface area contributed by atoms with E-state index in [1.165, 1.54) is 29.5 Å². The average molecular weight is 288 g/mol. The largest absolute Gasteiger partial charge is 0.487 e. The number of aromatic nitrogens is 1. The van der Waals surface area contributed by atoms with E-state index in [0.717, 1.165) is 11.1 Å². The van der Waals surface area contributed by atoms with Gasteiger partial charge in [0, 0.05) is 11.9 Å². The van der Waals surface area contributed by atoms with Crippen LogP contribution >= 0.6 is 11.3 Å². The molecule has 0 fully saturated rings. The number of alkyl halides is 3. The SMILES string of the molecule is NCc1nc(COc2ccccc2C(F)(F)F)cs1. The Morgan fingerprint density at radius 3 is 2.63 bits per heavy atom. The van der Waals surface area contributed by atoms with Gasteiger partial charge in [-0.2, -0.15) is 13.2 Å². The lowest BCUT2D eigenvalue weighted by atomic mass is 10.2. The summed E-state index contributed by atoms with van der Waals surface area (Å²) in [4.78, 5) is 4.12. The molecule has 19 heavy (non-hydrogen) atoms. The van der Waals surface area contributed by atoms with E-state index in [2.05, 4.69) is 4.98 Å². The van der Waals surface area contributed by atoms with Crippen molar-refractivity contribution in [3.05, 3.63) is 45.9 Å². The normalized spacial score (nSPS) is 11.6. The average Bonchev–Trinajstić information content (AvgIpc) is 2.83. The van der Waals surface area contributed by atoms with E-state index >= 15 is 0 Å². The Hall–Kier alpha value is -1.60. The molecule has 0 saturated heterocycles. The number of halogens is 3. The molecule has 102 valence electrons. The molecule has 0 amide bonds. The van der Waals surface area contributed by atoms with E-state index in [9.17, 15) is 13.2 Å². The van der Waals surface area contributed by atoms with E-state index in [-0.39, 0.29) is 12.4 Å². The molecule has 1 aromatic carbocycles. The van der Waals surface area contributed by atoms with Crippen LogP contribution in [-0.2, 0) is 19.3 Å². The summed E-state index contributed by atoms with van der Waals surface area (Å²) >= 11 is 1.36. The standard InChI is InChI=1S/C12H11F3N2OS/c13-12(14,15)9-3-1-2-4-10(9)18-6-8-7-19-11(5-16)17-8/h1-4,7H,5-6,16H2. The second kappa shape index (κ2) is 5.58. The topological polar surface area (TPSA) is 48.1 Å². The van der Waals surface area contributed by atoms with Crippen molar-refractivity contribution >= 4 is 11.3 Å². The fourth-order valence-electron chi connectivity index (χ4n) is 1.49. The molecule has 0 aliphatic heterocycles. The quantitative estimate of drug-likeness (QED) is 0.940. The van der Waals surface area contributed by atoms with Gasteiger partial charge in [0.25, 0.3) is 0 Å². The smallest absolute Gasteiger partial charge is 0.419 e.